The lowest BCUT2D eigenvalue weighted by Crippen LogP contribution is -2.54. The van der Waals surface area contributed by atoms with Crippen LogP contribution in [0.4, 0.5) is 0 Å². The van der Waals surface area contributed by atoms with Crippen molar-refractivity contribution in [1.82, 2.24) is 0 Å². The van der Waals surface area contributed by atoms with Crippen molar-refractivity contribution >= 4 is 5.71 Å². The summed E-state index contributed by atoms with van der Waals surface area (Å²) >= 11 is 0. The van der Waals surface area contributed by atoms with Crippen LogP contribution in [0.5, 0.6) is 0 Å². The Morgan fingerprint density at radius 3 is 2.83 bits per heavy atom. The van der Waals surface area contributed by atoms with Gasteiger partial charge in [-0.3, -0.25) is 0 Å². The molecule has 0 aromatic carbocycles. The van der Waals surface area contributed by atoms with Crippen molar-refractivity contribution in [1.29, 1.82) is 5.41 Å². The molecule has 1 spiro atoms. The number of rotatable bonds is 0. The summed E-state index contributed by atoms with van der Waals surface area (Å²) in [6.07, 6.45) is 13.9. The lowest BCUT2D eigenvalue weighted by molar-refractivity contribution is -0.134. The van der Waals surface area contributed by atoms with E-state index >= 15 is 0 Å². The molecule has 0 aromatic rings. The highest BCUT2D eigenvalue weighted by molar-refractivity contribution is 5.93. The van der Waals surface area contributed by atoms with Gasteiger partial charge in [-0.2, -0.15) is 0 Å². The number of nitrogens with one attached hydrogen (secondary N) is 1. The van der Waals surface area contributed by atoms with Gasteiger partial charge in [0.05, 0.1) is 5.60 Å². The standard InChI is InChI=1S/C22H33NO/c1-14-12-15-13-16(23)4-5-17(15)18-6-9-21(2)19(20(14)18)7-10-22(21)8-3-11-24-22/h13-14,17-20,23H,3-12H2,1-2H3/t14?,17-,18?,19?,20?,21-,22-/m0/s1. The second-order valence-corrected chi connectivity index (χ2v) is 9.86. The molecule has 1 saturated heterocycles. The fraction of sp³-hybridized carbons (Fsp3) is 0.864. The summed E-state index contributed by atoms with van der Waals surface area (Å²) in [6, 6.07) is 0. The van der Waals surface area contributed by atoms with Crippen LogP contribution in [0.25, 0.3) is 0 Å². The van der Waals surface area contributed by atoms with Crippen LogP contribution in [0.2, 0.25) is 0 Å². The first-order chi connectivity index (χ1) is 11.5. The average molecular weight is 328 g/mol. The van der Waals surface area contributed by atoms with E-state index in [-0.39, 0.29) is 5.60 Å². The molecule has 132 valence electrons. The highest BCUT2D eigenvalue weighted by Crippen LogP contribution is 2.68. The Morgan fingerprint density at radius 2 is 2.04 bits per heavy atom. The van der Waals surface area contributed by atoms with Crippen LogP contribution in [0.3, 0.4) is 0 Å². The number of allylic oxidation sites excluding steroid dienone is 2. The number of hydrogen-bond acceptors (Lipinski definition) is 2. The molecule has 4 fully saturated rings. The number of ether oxygens (including phenoxy) is 1. The van der Waals surface area contributed by atoms with Gasteiger partial charge in [0, 0.05) is 12.3 Å². The predicted octanol–water partition coefficient (Wildman–Crippen LogP) is 5.37. The minimum absolute atomic E-state index is 0.229. The SMILES string of the molecule is CC1CC2=CC(=N)CC[C@@H]2C2CC[C@@]3(C)C(CC[C@@]34CCCO4)C12. The molecule has 2 nitrogen and oxygen atoms in total. The molecule has 1 aliphatic heterocycles. The first-order valence-electron chi connectivity index (χ1n) is 10.5. The van der Waals surface area contributed by atoms with Gasteiger partial charge in [0.15, 0.2) is 0 Å². The summed E-state index contributed by atoms with van der Waals surface area (Å²) in [5.74, 6) is 4.27. The highest BCUT2D eigenvalue weighted by Gasteiger charge is 2.64. The molecule has 4 unspecified atom stereocenters. The van der Waals surface area contributed by atoms with Gasteiger partial charge in [-0.15, -0.1) is 0 Å². The van der Waals surface area contributed by atoms with Crippen LogP contribution in [0.1, 0.15) is 71.6 Å². The summed E-state index contributed by atoms with van der Waals surface area (Å²) in [5.41, 5.74) is 3.18. The molecule has 0 radical (unpaired) electrons. The van der Waals surface area contributed by atoms with Gasteiger partial charge in [0.2, 0.25) is 0 Å². The third kappa shape index (κ3) is 1.90. The van der Waals surface area contributed by atoms with E-state index in [0.29, 0.717) is 5.41 Å². The van der Waals surface area contributed by atoms with Gasteiger partial charge >= 0.3 is 0 Å². The van der Waals surface area contributed by atoms with Crippen molar-refractivity contribution in [2.45, 2.75) is 77.2 Å². The lowest BCUT2D eigenvalue weighted by Gasteiger charge is -2.58. The normalized spacial score (nSPS) is 53.5. The van der Waals surface area contributed by atoms with Crippen molar-refractivity contribution in [2.24, 2.45) is 35.0 Å². The molecule has 2 heteroatoms. The summed E-state index contributed by atoms with van der Waals surface area (Å²) in [6.45, 7) is 6.11. The molecule has 1 heterocycles. The van der Waals surface area contributed by atoms with E-state index < -0.39 is 0 Å². The monoisotopic (exact) mass is 327 g/mol. The molecular formula is C22H33NO. The van der Waals surface area contributed by atoms with E-state index in [1.807, 2.05) is 0 Å². The highest BCUT2D eigenvalue weighted by atomic mass is 16.5. The third-order valence-corrected chi connectivity index (χ3v) is 9.07. The van der Waals surface area contributed by atoms with Crippen LogP contribution >= 0.6 is 0 Å². The van der Waals surface area contributed by atoms with Crippen molar-refractivity contribution in [3.8, 4) is 0 Å². The van der Waals surface area contributed by atoms with Crippen LogP contribution in [0.15, 0.2) is 11.6 Å². The Bertz CT molecular complexity index is 587. The Labute approximate surface area is 146 Å². The third-order valence-electron chi connectivity index (χ3n) is 9.07. The van der Waals surface area contributed by atoms with Crippen LogP contribution in [-0.2, 0) is 4.74 Å². The number of fused-ring (bicyclic) bond motifs is 6. The van der Waals surface area contributed by atoms with Crippen molar-refractivity contribution in [2.75, 3.05) is 6.61 Å². The van der Waals surface area contributed by atoms with Gasteiger partial charge < -0.3 is 10.1 Å². The molecule has 1 N–H and O–H groups in total. The van der Waals surface area contributed by atoms with E-state index in [1.165, 1.54) is 51.4 Å². The van der Waals surface area contributed by atoms with E-state index in [4.69, 9.17) is 10.1 Å². The zero-order valence-corrected chi connectivity index (χ0v) is 15.4. The van der Waals surface area contributed by atoms with Gasteiger partial charge in [0.25, 0.3) is 0 Å². The van der Waals surface area contributed by atoms with Gasteiger partial charge in [-0.25, -0.2) is 0 Å². The summed E-state index contributed by atoms with van der Waals surface area (Å²) in [4.78, 5) is 0. The molecule has 0 amide bonds. The molecule has 3 saturated carbocycles. The summed E-state index contributed by atoms with van der Waals surface area (Å²) in [5, 5.41) is 8.07. The second-order valence-electron chi connectivity index (χ2n) is 9.86. The smallest absolute Gasteiger partial charge is 0.0739 e. The van der Waals surface area contributed by atoms with Crippen molar-refractivity contribution < 1.29 is 4.74 Å². The average Bonchev–Trinajstić information content (AvgIpc) is 3.14. The Kier molecular flexibility index (Phi) is 3.38. The van der Waals surface area contributed by atoms with Gasteiger partial charge in [0.1, 0.15) is 0 Å². The lowest BCUT2D eigenvalue weighted by atomic mass is 9.48. The van der Waals surface area contributed by atoms with E-state index in [2.05, 4.69) is 19.9 Å². The zero-order chi connectivity index (χ0) is 16.5. The van der Waals surface area contributed by atoms with E-state index in [0.717, 1.165) is 48.3 Å². The Hall–Kier alpha value is -0.630. The molecule has 0 bridgehead atoms. The number of hydrogen-bond donors (Lipinski definition) is 1. The van der Waals surface area contributed by atoms with Crippen molar-refractivity contribution in [3.05, 3.63) is 11.6 Å². The zero-order valence-electron chi connectivity index (χ0n) is 15.4. The van der Waals surface area contributed by atoms with Crippen LogP contribution in [0, 0.1) is 40.4 Å². The maximum Gasteiger partial charge on any atom is 0.0739 e. The maximum atomic E-state index is 8.07. The molecule has 0 aromatic heterocycles. The Morgan fingerprint density at radius 1 is 1.17 bits per heavy atom. The predicted molar refractivity (Wildman–Crippen MR) is 97.3 cm³/mol. The molecule has 5 aliphatic rings. The van der Waals surface area contributed by atoms with Gasteiger partial charge in [-0.1, -0.05) is 19.4 Å². The topological polar surface area (TPSA) is 33.1 Å². The minimum Gasteiger partial charge on any atom is -0.374 e. The van der Waals surface area contributed by atoms with Crippen LogP contribution < -0.4 is 0 Å². The van der Waals surface area contributed by atoms with Crippen LogP contribution in [-0.4, -0.2) is 17.9 Å². The molecular weight excluding hydrogens is 294 g/mol. The quantitative estimate of drug-likeness (QED) is 0.637. The molecule has 5 rings (SSSR count). The fourth-order valence-corrected chi connectivity index (χ4v) is 8.06. The minimum atomic E-state index is 0.229. The summed E-state index contributed by atoms with van der Waals surface area (Å²) in [7, 11) is 0. The molecule has 7 atom stereocenters. The fourth-order valence-electron chi connectivity index (χ4n) is 8.06. The van der Waals surface area contributed by atoms with Crippen molar-refractivity contribution in [3.63, 3.8) is 0 Å². The Balaban J connectivity index is 1.49. The van der Waals surface area contributed by atoms with Gasteiger partial charge in [-0.05, 0) is 98.9 Å². The molecule has 4 aliphatic carbocycles. The maximum absolute atomic E-state index is 8.07. The molecule has 24 heavy (non-hydrogen) atoms. The first kappa shape index (κ1) is 15.6. The summed E-state index contributed by atoms with van der Waals surface area (Å²) < 4.78 is 6.47. The first-order valence-corrected chi connectivity index (χ1v) is 10.5. The van der Waals surface area contributed by atoms with E-state index in [9.17, 15) is 0 Å². The second kappa shape index (κ2) is 5.19. The largest absolute Gasteiger partial charge is 0.374 e. The van der Waals surface area contributed by atoms with E-state index in [1.54, 1.807) is 5.57 Å².